The molecule has 2 aromatic rings. The van der Waals surface area contributed by atoms with Crippen LogP contribution in [-0.2, 0) is 0 Å². The van der Waals surface area contributed by atoms with Gasteiger partial charge in [0.15, 0.2) is 0 Å². The highest BCUT2D eigenvalue weighted by Gasteiger charge is 2.16. The molecule has 0 aromatic carbocycles. The summed E-state index contributed by atoms with van der Waals surface area (Å²) in [5, 5.41) is 2.14. The van der Waals surface area contributed by atoms with Gasteiger partial charge in [-0.25, -0.2) is 9.97 Å². The summed E-state index contributed by atoms with van der Waals surface area (Å²) in [5.74, 6) is 1.04. The van der Waals surface area contributed by atoms with E-state index >= 15 is 0 Å². The summed E-state index contributed by atoms with van der Waals surface area (Å²) in [5.41, 5.74) is 7.91. The molecule has 2 N–H and O–H groups in total. The second kappa shape index (κ2) is 5.63. The monoisotopic (exact) mass is 264 g/mol. The molecular formula is C13H20N4S. The normalized spacial score (nSPS) is 11.4. The molecule has 5 heteroatoms. The molecule has 2 rings (SSSR count). The van der Waals surface area contributed by atoms with E-state index in [9.17, 15) is 0 Å². The van der Waals surface area contributed by atoms with Crippen molar-refractivity contribution in [2.75, 3.05) is 18.0 Å². The van der Waals surface area contributed by atoms with Crippen molar-refractivity contribution in [2.45, 2.75) is 33.2 Å². The van der Waals surface area contributed by atoms with Crippen LogP contribution in [0.5, 0.6) is 0 Å². The SMILES string of the molecule is Cc1csc2c(N(CCCN)C(C)C)ncnc12. The Balaban J connectivity index is 2.43. The summed E-state index contributed by atoms with van der Waals surface area (Å²) in [6.45, 7) is 8.11. The molecule has 0 unspecified atom stereocenters. The molecule has 0 saturated heterocycles. The summed E-state index contributed by atoms with van der Waals surface area (Å²) in [4.78, 5) is 11.2. The molecule has 4 nitrogen and oxygen atoms in total. The quantitative estimate of drug-likeness (QED) is 0.901. The van der Waals surface area contributed by atoms with Crippen LogP contribution >= 0.6 is 11.3 Å². The number of rotatable bonds is 5. The van der Waals surface area contributed by atoms with Crippen molar-refractivity contribution in [3.05, 3.63) is 17.3 Å². The predicted molar refractivity (Wildman–Crippen MR) is 78.3 cm³/mol. The van der Waals surface area contributed by atoms with Gasteiger partial charge in [-0.2, -0.15) is 0 Å². The minimum Gasteiger partial charge on any atom is -0.353 e. The van der Waals surface area contributed by atoms with E-state index in [4.69, 9.17) is 5.73 Å². The van der Waals surface area contributed by atoms with Gasteiger partial charge in [-0.3, -0.25) is 0 Å². The first-order valence-corrected chi connectivity index (χ1v) is 7.18. The lowest BCUT2D eigenvalue weighted by Crippen LogP contribution is -2.33. The molecule has 0 radical (unpaired) electrons. The van der Waals surface area contributed by atoms with Crippen molar-refractivity contribution in [1.82, 2.24) is 9.97 Å². The fourth-order valence-electron chi connectivity index (χ4n) is 2.03. The third-order valence-electron chi connectivity index (χ3n) is 3.01. The Hall–Kier alpha value is -1.20. The molecule has 0 bridgehead atoms. The second-order valence-electron chi connectivity index (χ2n) is 4.72. The van der Waals surface area contributed by atoms with Crippen LogP contribution in [0.15, 0.2) is 11.7 Å². The molecular weight excluding hydrogens is 244 g/mol. The third-order valence-corrected chi connectivity index (χ3v) is 4.09. The van der Waals surface area contributed by atoms with Crippen LogP contribution in [0.3, 0.4) is 0 Å². The zero-order valence-electron chi connectivity index (χ0n) is 11.2. The number of aromatic nitrogens is 2. The third kappa shape index (κ3) is 2.47. The first kappa shape index (κ1) is 13.2. The van der Waals surface area contributed by atoms with Gasteiger partial charge >= 0.3 is 0 Å². The van der Waals surface area contributed by atoms with Crippen molar-refractivity contribution in [3.63, 3.8) is 0 Å². The number of anilines is 1. The van der Waals surface area contributed by atoms with E-state index in [-0.39, 0.29) is 0 Å². The summed E-state index contributed by atoms with van der Waals surface area (Å²) < 4.78 is 1.18. The van der Waals surface area contributed by atoms with E-state index in [1.54, 1.807) is 17.7 Å². The van der Waals surface area contributed by atoms with E-state index < -0.39 is 0 Å². The van der Waals surface area contributed by atoms with Crippen molar-refractivity contribution < 1.29 is 0 Å². The summed E-state index contributed by atoms with van der Waals surface area (Å²) >= 11 is 1.72. The van der Waals surface area contributed by atoms with Gasteiger partial charge in [0.1, 0.15) is 12.1 Å². The van der Waals surface area contributed by atoms with Gasteiger partial charge in [-0.1, -0.05) is 0 Å². The standard InChI is InChI=1S/C13H20N4S/c1-9(2)17(6-4-5-14)13-12-11(15-8-16-13)10(3)7-18-12/h7-9H,4-6,14H2,1-3H3. The lowest BCUT2D eigenvalue weighted by atomic mass is 10.2. The van der Waals surface area contributed by atoms with E-state index in [2.05, 4.69) is 41.0 Å². The first-order chi connectivity index (χ1) is 8.65. The van der Waals surface area contributed by atoms with Crippen LogP contribution in [0.2, 0.25) is 0 Å². The van der Waals surface area contributed by atoms with Crippen LogP contribution < -0.4 is 10.6 Å². The molecule has 2 aromatic heterocycles. The number of fused-ring (bicyclic) bond motifs is 1. The van der Waals surface area contributed by atoms with Crippen LogP contribution in [0.4, 0.5) is 5.82 Å². The van der Waals surface area contributed by atoms with E-state index in [0.29, 0.717) is 12.6 Å². The van der Waals surface area contributed by atoms with E-state index in [1.807, 2.05) is 0 Å². The fourth-order valence-corrected chi connectivity index (χ4v) is 3.04. The molecule has 0 aliphatic rings. The zero-order chi connectivity index (χ0) is 13.1. The molecule has 0 saturated carbocycles. The maximum atomic E-state index is 5.61. The number of nitrogens with zero attached hydrogens (tertiary/aromatic N) is 3. The van der Waals surface area contributed by atoms with E-state index in [1.165, 1.54) is 10.3 Å². The topological polar surface area (TPSA) is 55.0 Å². The van der Waals surface area contributed by atoms with Crippen molar-refractivity contribution in [3.8, 4) is 0 Å². The van der Waals surface area contributed by atoms with Crippen LogP contribution in [0.1, 0.15) is 25.8 Å². The summed E-state index contributed by atoms with van der Waals surface area (Å²) in [6.07, 6.45) is 2.64. The van der Waals surface area contributed by atoms with Gasteiger partial charge < -0.3 is 10.6 Å². The highest BCUT2D eigenvalue weighted by molar-refractivity contribution is 7.18. The highest BCUT2D eigenvalue weighted by Crippen LogP contribution is 2.31. The van der Waals surface area contributed by atoms with Gasteiger partial charge in [-0.05, 0) is 44.7 Å². The van der Waals surface area contributed by atoms with Crippen LogP contribution in [-0.4, -0.2) is 29.1 Å². The Morgan fingerprint density at radius 3 is 2.83 bits per heavy atom. The molecule has 0 spiro atoms. The van der Waals surface area contributed by atoms with E-state index in [0.717, 1.165) is 24.3 Å². The first-order valence-electron chi connectivity index (χ1n) is 6.30. The van der Waals surface area contributed by atoms with Crippen molar-refractivity contribution >= 4 is 27.4 Å². The van der Waals surface area contributed by atoms with Gasteiger partial charge in [0.05, 0.1) is 10.2 Å². The van der Waals surface area contributed by atoms with Gasteiger partial charge in [-0.15, -0.1) is 11.3 Å². The Bertz CT molecular complexity index is 521. The number of hydrogen-bond acceptors (Lipinski definition) is 5. The lowest BCUT2D eigenvalue weighted by molar-refractivity contribution is 0.651. The highest BCUT2D eigenvalue weighted by atomic mass is 32.1. The molecule has 0 atom stereocenters. The average Bonchev–Trinajstić information content (AvgIpc) is 2.72. The Labute approximate surface area is 112 Å². The molecule has 2 heterocycles. The van der Waals surface area contributed by atoms with Crippen molar-refractivity contribution in [1.29, 1.82) is 0 Å². The Morgan fingerprint density at radius 1 is 1.39 bits per heavy atom. The number of nitrogens with two attached hydrogens (primary N) is 1. The number of hydrogen-bond donors (Lipinski definition) is 1. The van der Waals surface area contributed by atoms with Crippen LogP contribution in [0, 0.1) is 6.92 Å². The maximum Gasteiger partial charge on any atom is 0.150 e. The average molecular weight is 264 g/mol. The predicted octanol–water partition coefficient (Wildman–Crippen LogP) is 2.56. The summed E-state index contributed by atoms with van der Waals surface area (Å²) in [7, 11) is 0. The summed E-state index contributed by atoms with van der Waals surface area (Å²) in [6, 6.07) is 0.414. The minimum absolute atomic E-state index is 0.414. The smallest absolute Gasteiger partial charge is 0.150 e. The fraction of sp³-hybridized carbons (Fsp3) is 0.538. The molecule has 98 valence electrons. The Morgan fingerprint density at radius 2 is 2.17 bits per heavy atom. The maximum absolute atomic E-state index is 5.61. The minimum atomic E-state index is 0.414. The molecule has 0 fully saturated rings. The molecule has 0 aliphatic carbocycles. The molecule has 0 aliphatic heterocycles. The number of aryl methyl sites for hydroxylation is 1. The molecule has 18 heavy (non-hydrogen) atoms. The number of thiophene rings is 1. The Kier molecular flexibility index (Phi) is 4.14. The lowest BCUT2D eigenvalue weighted by Gasteiger charge is -2.27. The van der Waals surface area contributed by atoms with Gasteiger partial charge in [0.2, 0.25) is 0 Å². The van der Waals surface area contributed by atoms with Crippen molar-refractivity contribution in [2.24, 2.45) is 5.73 Å². The van der Waals surface area contributed by atoms with Crippen LogP contribution in [0.25, 0.3) is 10.2 Å². The largest absolute Gasteiger partial charge is 0.353 e. The molecule has 0 amide bonds. The zero-order valence-corrected chi connectivity index (χ0v) is 12.0. The van der Waals surface area contributed by atoms with Gasteiger partial charge in [0.25, 0.3) is 0 Å². The second-order valence-corrected chi connectivity index (χ2v) is 5.60. The van der Waals surface area contributed by atoms with Gasteiger partial charge in [0, 0.05) is 12.6 Å².